The van der Waals surface area contributed by atoms with E-state index in [1.807, 2.05) is 6.07 Å². The number of carbonyl (C=O) groups excluding carboxylic acids is 1. The first-order valence-corrected chi connectivity index (χ1v) is 7.52. The topological polar surface area (TPSA) is 39.2 Å². The number of aryl methyl sites for hydroxylation is 1. The average molecular weight is 302 g/mol. The number of aromatic nitrogens is 1. The Kier molecular flexibility index (Phi) is 4.20. The molecule has 1 aromatic carbocycles. The molecule has 3 rings (SSSR count). The van der Waals surface area contributed by atoms with Crippen LogP contribution in [0.3, 0.4) is 0 Å². The Morgan fingerprint density at radius 3 is 2.81 bits per heavy atom. The van der Waals surface area contributed by atoms with Crippen LogP contribution < -0.4 is 0 Å². The van der Waals surface area contributed by atoms with E-state index in [-0.39, 0.29) is 12.1 Å². The largest absolute Gasteiger partial charge is 0.452 e. The summed E-state index contributed by atoms with van der Waals surface area (Å²) in [5, 5.41) is 0.605. The number of pyridine rings is 1. The molecule has 1 aliphatic rings. The second-order valence-corrected chi connectivity index (χ2v) is 5.63. The molecule has 0 bridgehead atoms. The number of hydrogen-bond acceptors (Lipinski definition) is 3. The van der Waals surface area contributed by atoms with Gasteiger partial charge in [-0.25, -0.2) is 4.79 Å². The second kappa shape index (κ2) is 6.27. The van der Waals surface area contributed by atoms with Gasteiger partial charge in [-0.05, 0) is 61.6 Å². The highest BCUT2D eigenvalue weighted by Crippen LogP contribution is 2.30. The van der Waals surface area contributed by atoms with E-state index >= 15 is 0 Å². The highest BCUT2D eigenvalue weighted by molar-refractivity contribution is 6.30. The van der Waals surface area contributed by atoms with E-state index in [0.29, 0.717) is 10.6 Å². The minimum atomic E-state index is -0.324. The van der Waals surface area contributed by atoms with Gasteiger partial charge in [-0.2, -0.15) is 0 Å². The molecule has 0 aliphatic heterocycles. The van der Waals surface area contributed by atoms with Crippen molar-refractivity contribution in [3.8, 4) is 0 Å². The number of fused-ring (bicyclic) bond motifs is 1. The average Bonchev–Trinajstić information content (AvgIpc) is 2.71. The maximum absolute atomic E-state index is 12.3. The first-order chi connectivity index (χ1) is 10.2. The molecular weight excluding hydrogens is 286 g/mol. The molecule has 0 N–H and O–H groups in total. The molecule has 1 aromatic heterocycles. The third-order valence-corrected chi connectivity index (χ3v) is 3.97. The lowest BCUT2D eigenvalue weighted by molar-refractivity contribution is 0.0265. The molecule has 0 unspecified atom stereocenters. The van der Waals surface area contributed by atoms with Crippen LogP contribution >= 0.6 is 11.6 Å². The molecule has 108 valence electrons. The maximum Gasteiger partial charge on any atom is 0.338 e. The summed E-state index contributed by atoms with van der Waals surface area (Å²) in [7, 11) is 0. The number of halogens is 1. The summed E-state index contributed by atoms with van der Waals surface area (Å²) in [6.07, 6.45) is 5.46. The predicted molar refractivity (Wildman–Crippen MR) is 81.4 cm³/mol. The Bertz CT molecular complexity index is 639. The van der Waals surface area contributed by atoms with Gasteiger partial charge in [0.25, 0.3) is 0 Å². The normalized spacial score (nSPS) is 17.7. The Labute approximate surface area is 128 Å². The number of benzene rings is 1. The van der Waals surface area contributed by atoms with Crippen LogP contribution in [0.4, 0.5) is 0 Å². The van der Waals surface area contributed by atoms with Gasteiger partial charge in [-0.1, -0.05) is 17.7 Å². The minimum Gasteiger partial charge on any atom is -0.452 e. The molecule has 0 amide bonds. The fourth-order valence-electron chi connectivity index (χ4n) is 2.63. The van der Waals surface area contributed by atoms with E-state index < -0.39 is 0 Å². The Hall–Kier alpha value is -1.87. The Morgan fingerprint density at radius 2 is 2.00 bits per heavy atom. The van der Waals surface area contributed by atoms with Crippen LogP contribution in [0.2, 0.25) is 5.02 Å². The van der Waals surface area contributed by atoms with Gasteiger partial charge in [0.1, 0.15) is 6.10 Å². The van der Waals surface area contributed by atoms with Crippen molar-refractivity contribution in [2.75, 3.05) is 0 Å². The monoisotopic (exact) mass is 301 g/mol. The van der Waals surface area contributed by atoms with Gasteiger partial charge in [0.2, 0.25) is 0 Å². The molecule has 3 nitrogen and oxygen atoms in total. The van der Waals surface area contributed by atoms with E-state index in [1.54, 1.807) is 30.5 Å². The summed E-state index contributed by atoms with van der Waals surface area (Å²) in [6, 6.07) is 10.7. The Morgan fingerprint density at radius 1 is 1.19 bits per heavy atom. The quantitative estimate of drug-likeness (QED) is 0.611. The van der Waals surface area contributed by atoms with Crippen molar-refractivity contribution in [1.29, 1.82) is 0 Å². The van der Waals surface area contributed by atoms with Gasteiger partial charge >= 0.3 is 5.97 Å². The van der Waals surface area contributed by atoms with Crippen LogP contribution in [0.1, 0.15) is 47.0 Å². The lowest BCUT2D eigenvalue weighted by Gasteiger charge is -2.17. The number of carbonyl (C=O) groups is 1. The summed E-state index contributed by atoms with van der Waals surface area (Å²) in [4.78, 5) is 16.7. The zero-order valence-electron chi connectivity index (χ0n) is 11.6. The van der Waals surface area contributed by atoms with E-state index in [2.05, 4.69) is 11.1 Å². The number of nitrogens with zero attached hydrogens (tertiary/aromatic N) is 1. The number of hydrogen-bond donors (Lipinski definition) is 0. The van der Waals surface area contributed by atoms with Crippen molar-refractivity contribution < 1.29 is 9.53 Å². The third kappa shape index (κ3) is 3.24. The second-order valence-electron chi connectivity index (χ2n) is 5.19. The van der Waals surface area contributed by atoms with Crippen LogP contribution in [0, 0.1) is 0 Å². The van der Waals surface area contributed by atoms with Crippen LogP contribution in [-0.2, 0) is 11.2 Å². The molecule has 1 heterocycles. The number of ether oxygens (including phenoxy) is 1. The minimum absolute atomic E-state index is 0.258. The molecule has 0 saturated carbocycles. The van der Waals surface area contributed by atoms with Gasteiger partial charge in [-0.15, -0.1) is 0 Å². The van der Waals surface area contributed by atoms with Crippen LogP contribution in [0.25, 0.3) is 0 Å². The van der Waals surface area contributed by atoms with Gasteiger partial charge in [0, 0.05) is 11.2 Å². The zero-order chi connectivity index (χ0) is 14.7. The fourth-order valence-corrected chi connectivity index (χ4v) is 2.76. The first-order valence-electron chi connectivity index (χ1n) is 7.14. The SMILES string of the molecule is O=C(O[C@H]1CCCCc2cccnc21)c1ccc(Cl)cc1. The molecule has 2 aromatic rings. The van der Waals surface area contributed by atoms with Gasteiger partial charge in [-0.3, -0.25) is 4.98 Å². The molecule has 1 aliphatic carbocycles. The third-order valence-electron chi connectivity index (χ3n) is 3.72. The fraction of sp³-hybridized carbons (Fsp3) is 0.294. The van der Waals surface area contributed by atoms with E-state index in [9.17, 15) is 4.79 Å². The molecule has 0 spiro atoms. The lowest BCUT2D eigenvalue weighted by atomic mass is 10.1. The molecule has 0 fully saturated rings. The van der Waals surface area contributed by atoms with Crippen molar-refractivity contribution >= 4 is 17.6 Å². The van der Waals surface area contributed by atoms with Crippen LogP contribution in [-0.4, -0.2) is 11.0 Å². The van der Waals surface area contributed by atoms with Crippen molar-refractivity contribution in [1.82, 2.24) is 4.98 Å². The molecule has 4 heteroatoms. The van der Waals surface area contributed by atoms with Crippen molar-refractivity contribution in [3.05, 3.63) is 64.4 Å². The maximum atomic E-state index is 12.3. The van der Waals surface area contributed by atoms with Crippen LogP contribution in [0.15, 0.2) is 42.6 Å². The summed E-state index contributed by atoms with van der Waals surface area (Å²) >= 11 is 5.83. The first kappa shape index (κ1) is 14.1. The van der Waals surface area contributed by atoms with E-state index in [1.165, 1.54) is 5.56 Å². The summed E-state index contributed by atoms with van der Waals surface area (Å²) < 4.78 is 5.68. The molecule has 0 saturated heterocycles. The van der Waals surface area contributed by atoms with Gasteiger partial charge in [0.15, 0.2) is 0 Å². The molecule has 1 atom stereocenters. The van der Waals surface area contributed by atoms with E-state index in [4.69, 9.17) is 16.3 Å². The van der Waals surface area contributed by atoms with Crippen molar-refractivity contribution in [3.63, 3.8) is 0 Å². The highest BCUT2D eigenvalue weighted by Gasteiger charge is 2.23. The molecular formula is C17H16ClNO2. The Balaban J connectivity index is 1.81. The zero-order valence-corrected chi connectivity index (χ0v) is 12.3. The lowest BCUT2D eigenvalue weighted by Crippen LogP contribution is -2.13. The standard InChI is InChI=1S/C17H16ClNO2/c18-14-9-7-13(8-10-14)17(20)21-15-6-2-1-4-12-5-3-11-19-16(12)15/h3,5,7-11,15H,1-2,4,6H2/t15-/m0/s1. The molecule has 0 radical (unpaired) electrons. The number of esters is 1. The van der Waals surface area contributed by atoms with Crippen LogP contribution in [0.5, 0.6) is 0 Å². The number of rotatable bonds is 2. The molecule has 21 heavy (non-hydrogen) atoms. The summed E-state index contributed by atoms with van der Waals surface area (Å²) in [5.41, 5.74) is 2.60. The van der Waals surface area contributed by atoms with Gasteiger partial charge < -0.3 is 4.74 Å². The van der Waals surface area contributed by atoms with Gasteiger partial charge in [0.05, 0.1) is 11.3 Å². The summed E-state index contributed by atoms with van der Waals surface area (Å²) in [5.74, 6) is -0.324. The predicted octanol–water partition coefficient (Wildman–Crippen LogP) is 4.36. The van der Waals surface area contributed by atoms with E-state index in [0.717, 1.165) is 31.4 Å². The smallest absolute Gasteiger partial charge is 0.338 e. The highest BCUT2D eigenvalue weighted by atomic mass is 35.5. The van der Waals surface area contributed by atoms with Crippen molar-refractivity contribution in [2.24, 2.45) is 0 Å². The summed E-state index contributed by atoms with van der Waals surface area (Å²) in [6.45, 7) is 0. The van der Waals surface area contributed by atoms with Crippen molar-refractivity contribution in [2.45, 2.75) is 31.8 Å².